The van der Waals surface area contributed by atoms with Gasteiger partial charge in [0.1, 0.15) is 5.82 Å². The molecule has 2 heteroatoms. The van der Waals surface area contributed by atoms with E-state index in [1.54, 1.807) is 0 Å². The number of aromatic nitrogens is 1. The molecule has 11 heavy (non-hydrogen) atoms. The predicted molar refractivity (Wildman–Crippen MR) is 45.5 cm³/mol. The Kier molecular flexibility index (Phi) is 1.53. The first-order chi connectivity index (χ1) is 5.40. The molecule has 0 spiro atoms. The van der Waals surface area contributed by atoms with E-state index in [0.717, 1.165) is 25.2 Å². The fraction of sp³-hybridized carbons (Fsp3) is 0.333. The van der Waals surface area contributed by atoms with Crippen LogP contribution in [0.3, 0.4) is 0 Å². The van der Waals surface area contributed by atoms with Crippen molar-refractivity contribution in [2.75, 3.05) is 11.9 Å². The third-order valence-electron chi connectivity index (χ3n) is 2.00. The molecule has 0 aliphatic carbocycles. The van der Waals surface area contributed by atoms with Crippen molar-refractivity contribution in [3.05, 3.63) is 30.3 Å². The monoisotopic (exact) mass is 147 g/mol. The van der Waals surface area contributed by atoms with Crippen molar-refractivity contribution in [1.29, 1.82) is 0 Å². The number of fused-ring (bicyclic) bond motifs is 1. The Bertz CT molecular complexity index is 268. The lowest BCUT2D eigenvalue weighted by molar-refractivity contribution is 1.10. The average Bonchev–Trinajstić information content (AvgIpc) is 2.50. The van der Waals surface area contributed by atoms with Crippen LogP contribution < -0.4 is 5.32 Å². The maximum atomic E-state index is 4.28. The van der Waals surface area contributed by atoms with Gasteiger partial charge in [-0.1, -0.05) is 6.07 Å². The molecular formula is C9H11N2. The summed E-state index contributed by atoms with van der Waals surface area (Å²) in [5, 5.41) is 3.22. The van der Waals surface area contributed by atoms with Gasteiger partial charge in [0.25, 0.3) is 0 Å². The molecule has 57 valence electrons. The summed E-state index contributed by atoms with van der Waals surface area (Å²) < 4.78 is 0. The second kappa shape index (κ2) is 2.53. The van der Waals surface area contributed by atoms with E-state index in [1.165, 1.54) is 11.1 Å². The molecule has 2 nitrogen and oxygen atoms in total. The molecule has 0 fully saturated rings. The lowest BCUT2D eigenvalue weighted by Crippen LogP contribution is -1.93. The Morgan fingerprint density at radius 1 is 1.64 bits per heavy atom. The van der Waals surface area contributed by atoms with Crippen LogP contribution in [0, 0.1) is 6.92 Å². The van der Waals surface area contributed by atoms with Crippen LogP contribution in [0.5, 0.6) is 0 Å². The lowest BCUT2D eigenvalue weighted by atomic mass is 10.1. The third kappa shape index (κ3) is 1.09. The Labute approximate surface area is 66.7 Å². The summed E-state index contributed by atoms with van der Waals surface area (Å²) in [5.41, 5.74) is 2.57. The van der Waals surface area contributed by atoms with Gasteiger partial charge >= 0.3 is 0 Å². The maximum absolute atomic E-state index is 4.28. The van der Waals surface area contributed by atoms with Crippen molar-refractivity contribution >= 4 is 5.82 Å². The number of nitrogens with zero attached hydrogens (tertiary/aromatic N) is 1. The van der Waals surface area contributed by atoms with Crippen LogP contribution in [-0.2, 0) is 12.8 Å². The SMILES string of the molecule is [CH2]Cc1cnc2c(c1)CCN2. The van der Waals surface area contributed by atoms with E-state index in [4.69, 9.17) is 0 Å². The van der Waals surface area contributed by atoms with Crippen LogP contribution in [0.4, 0.5) is 5.82 Å². The van der Waals surface area contributed by atoms with Crippen molar-refractivity contribution in [2.24, 2.45) is 0 Å². The first-order valence-corrected chi connectivity index (χ1v) is 3.91. The summed E-state index contributed by atoms with van der Waals surface area (Å²) in [7, 11) is 0. The van der Waals surface area contributed by atoms with Gasteiger partial charge in [0, 0.05) is 12.7 Å². The average molecular weight is 147 g/mol. The second-order valence-corrected chi connectivity index (χ2v) is 2.78. The molecule has 0 bridgehead atoms. The van der Waals surface area contributed by atoms with Gasteiger partial charge in [0.2, 0.25) is 0 Å². The first kappa shape index (κ1) is 6.65. The van der Waals surface area contributed by atoms with Crippen LogP contribution >= 0.6 is 0 Å². The molecule has 0 amide bonds. The normalized spacial score (nSPS) is 14.3. The molecule has 1 radical (unpaired) electrons. The molecule has 0 unspecified atom stereocenters. The second-order valence-electron chi connectivity index (χ2n) is 2.78. The number of anilines is 1. The number of nitrogens with one attached hydrogen (secondary N) is 1. The predicted octanol–water partition coefficient (Wildman–Crippen LogP) is 1.43. The fourth-order valence-corrected chi connectivity index (χ4v) is 1.36. The van der Waals surface area contributed by atoms with Crippen molar-refractivity contribution in [3.63, 3.8) is 0 Å². The van der Waals surface area contributed by atoms with Crippen molar-refractivity contribution in [2.45, 2.75) is 12.8 Å². The molecule has 1 aromatic rings. The van der Waals surface area contributed by atoms with E-state index in [9.17, 15) is 0 Å². The number of hydrogen-bond donors (Lipinski definition) is 1. The summed E-state index contributed by atoms with van der Waals surface area (Å²) in [6.45, 7) is 4.85. The van der Waals surface area contributed by atoms with Crippen LogP contribution in [0.1, 0.15) is 11.1 Å². The summed E-state index contributed by atoms with van der Waals surface area (Å²) in [5.74, 6) is 1.06. The molecule has 2 heterocycles. The summed E-state index contributed by atoms with van der Waals surface area (Å²) >= 11 is 0. The van der Waals surface area contributed by atoms with Gasteiger partial charge in [-0.2, -0.15) is 0 Å². The number of rotatable bonds is 1. The minimum atomic E-state index is 0.834. The van der Waals surface area contributed by atoms with E-state index in [1.807, 2.05) is 6.20 Å². The molecule has 2 rings (SSSR count). The van der Waals surface area contributed by atoms with Gasteiger partial charge in [-0.05, 0) is 30.9 Å². The van der Waals surface area contributed by atoms with Gasteiger partial charge < -0.3 is 5.32 Å². The molecule has 1 aromatic heterocycles. The minimum Gasteiger partial charge on any atom is -0.370 e. The quantitative estimate of drug-likeness (QED) is 0.650. The van der Waals surface area contributed by atoms with Crippen molar-refractivity contribution in [1.82, 2.24) is 4.98 Å². The van der Waals surface area contributed by atoms with Gasteiger partial charge in [0.05, 0.1) is 0 Å². The Morgan fingerprint density at radius 2 is 2.55 bits per heavy atom. The Balaban J connectivity index is 2.41. The minimum absolute atomic E-state index is 0.834. The van der Waals surface area contributed by atoms with Gasteiger partial charge in [-0.15, -0.1) is 0 Å². The zero-order chi connectivity index (χ0) is 7.68. The summed E-state index contributed by atoms with van der Waals surface area (Å²) in [4.78, 5) is 4.28. The van der Waals surface area contributed by atoms with Gasteiger partial charge in [0.15, 0.2) is 0 Å². The van der Waals surface area contributed by atoms with E-state index in [2.05, 4.69) is 23.3 Å². The molecule has 0 aromatic carbocycles. The zero-order valence-electron chi connectivity index (χ0n) is 6.43. The molecular weight excluding hydrogens is 136 g/mol. The summed E-state index contributed by atoms with van der Waals surface area (Å²) in [6, 6.07) is 2.19. The maximum Gasteiger partial charge on any atom is 0.129 e. The summed E-state index contributed by atoms with van der Waals surface area (Å²) in [6.07, 6.45) is 3.83. The third-order valence-corrected chi connectivity index (χ3v) is 2.00. The topological polar surface area (TPSA) is 24.9 Å². The van der Waals surface area contributed by atoms with Crippen LogP contribution in [0.2, 0.25) is 0 Å². The lowest BCUT2D eigenvalue weighted by Gasteiger charge is -1.99. The Morgan fingerprint density at radius 3 is 3.36 bits per heavy atom. The van der Waals surface area contributed by atoms with Crippen molar-refractivity contribution in [3.8, 4) is 0 Å². The highest BCUT2D eigenvalue weighted by Crippen LogP contribution is 2.19. The van der Waals surface area contributed by atoms with Gasteiger partial charge in [-0.3, -0.25) is 0 Å². The van der Waals surface area contributed by atoms with Gasteiger partial charge in [-0.25, -0.2) is 4.98 Å². The first-order valence-electron chi connectivity index (χ1n) is 3.91. The largest absolute Gasteiger partial charge is 0.370 e. The standard InChI is InChI=1S/C9H11N2/c1-2-7-5-8-3-4-10-9(8)11-6-7/h5-6H,1-4H2,(H,10,11). The molecule has 0 saturated heterocycles. The Hall–Kier alpha value is -1.05. The number of pyridine rings is 1. The highest BCUT2D eigenvalue weighted by molar-refractivity contribution is 5.49. The zero-order valence-corrected chi connectivity index (χ0v) is 6.43. The van der Waals surface area contributed by atoms with E-state index < -0.39 is 0 Å². The highest BCUT2D eigenvalue weighted by Gasteiger charge is 2.10. The number of hydrogen-bond acceptors (Lipinski definition) is 2. The molecule has 0 saturated carbocycles. The molecule has 0 atom stereocenters. The molecule has 1 aliphatic heterocycles. The molecule has 1 N–H and O–H groups in total. The molecule has 1 aliphatic rings. The smallest absolute Gasteiger partial charge is 0.129 e. The van der Waals surface area contributed by atoms with Crippen LogP contribution in [-0.4, -0.2) is 11.5 Å². The highest BCUT2D eigenvalue weighted by atomic mass is 15.0. The fourth-order valence-electron chi connectivity index (χ4n) is 1.36. The van der Waals surface area contributed by atoms with Crippen LogP contribution in [0.15, 0.2) is 12.3 Å². The van der Waals surface area contributed by atoms with E-state index in [0.29, 0.717) is 0 Å². The van der Waals surface area contributed by atoms with E-state index in [-0.39, 0.29) is 0 Å². The van der Waals surface area contributed by atoms with Crippen LogP contribution in [0.25, 0.3) is 0 Å². The van der Waals surface area contributed by atoms with Crippen molar-refractivity contribution < 1.29 is 0 Å². The van der Waals surface area contributed by atoms with E-state index >= 15 is 0 Å².